The topological polar surface area (TPSA) is 40.6 Å². The second-order valence-electron chi connectivity index (χ2n) is 5.43. The number of urea groups is 1. The molecule has 4 nitrogen and oxygen atoms in total. The molecule has 1 aliphatic rings. The molecule has 25 heavy (non-hydrogen) atoms. The molecule has 2 aromatic carbocycles. The van der Waals surface area contributed by atoms with E-state index in [1.165, 1.54) is 16.3 Å². The fourth-order valence-corrected chi connectivity index (χ4v) is 2.51. The zero-order valence-corrected chi connectivity index (χ0v) is 18.3. The van der Waals surface area contributed by atoms with Gasteiger partial charge in [-0.3, -0.25) is 9.69 Å². The van der Waals surface area contributed by atoms with E-state index in [2.05, 4.69) is 6.58 Å². The maximum atomic E-state index is 12.6. The Balaban J connectivity index is 0.00000156. The van der Waals surface area contributed by atoms with Crippen LogP contribution in [0.15, 0.2) is 72.8 Å². The number of halogens is 1. The zero-order chi connectivity index (χ0) is 16.2. The second-order valence-corrected chi connectivity index (χ2v) is 5.43. The van der Waals surface area contributed by atoms with Gasteiger partial charge in [0.15, 0.2) is 0 Å². The average molecular weight is 451 g/mol. The summed E-state index contributed by atoms with van der Waals surface area (Å²) >= 11 is 0. The van der Waals surface area contributed by atoms with E-state index in [9.17, 15) is 9.59 Å². The van der Waals surface area contributed by atoms with Gasteiger partial charge < -0.3 is 21.9 Å². The van der Waals surface area contributed by atoms with Crippen LogP contribution in [-0.2, 0) is 37.4 Å². The van der Waals surface area contributed by atoms with Crippen molar-refractivity contribution < 1.29 is 46.0 Å². The van der Waals surface area contributed by atoms with Crippen LogP contribution in [0.25, 0.3) is 0 Å². The Labute approximate surface area is 171 Å². The number of rotatable bonds is 4. The van der Waals surface area contributed by atoms with E-state index in [-0.39, 0.29) is 54.9 Å². The van der Waals surface area contributed by atoms with E-state index in [4.69, 9.17) is 0 Å². The minimum atomic E-state index is -0.344. The van der Waals surface area contributed by atoms with Gasteiger partial charge >= 0.3 is 6.03 Å². The van der Waals surface area contributed by atoms with Crippen molar-refractivity contribution in [3.8, 4) is 0 Å². The van der Waals surface area contributed by atoms with Gasteiger partial charge in [-0.05, 0) is 11.1 Å². The molecular formula is C19H17BrN2O2Zn-. The molecule has 0 unspecified atom stereocenters. The van der Waals surface area contributed by atoms with Crippen molar-refractivity contribution >= 4 is 11.9 Å². The molecule has 0 aliphatic carbocycles. The number of carbonyl (C=O) groups excluding carboxylic acids is 2. The first-order valence-electron chi connectivity index (χ1n) is 7.39. The van der Waals surface area contributed by atoms with Crippen LogP contribution >= 0.6 is 0 Å². The summed E-state index contributed by atoms with van der Waals surface area (Å²) < 4.78 is 0. The first kappa shape index (κ1) is 21.3. The minimum Gasteiger partial charge on any atom is -1.00 e. The van der Waals surface area contributed by atoms with Crippen LogP contribution in [0.3, 0.4) is 0 Å². The number of imide groups is 1. The fraction of sp³-hybridized carbons (Fsp3) is 0.105. The molecule has 3 amide bonds. The van der Waals surface area contributed by atoms with E-state index in [1.807, 2.05) is 60.7 Å². The van der Waals surface area contributed by atoms with E-state index in [0.29, 0.717) is 12.1 Å². The number of benzene rings is 2. The summed E-state index contributed by atoms with van der Waals surface area (Å²) in [5.41, 5.74) is 2.22. The summed E-state index contributed by atoms with van der Waals surface area (Å²) in [5.74, 6) is -0.344. The van der Waals surface area contributed by atoms with Crippen molar-refractivity contribution in [2.75, 3.05) is 0 Å². The molecule has 1 saturated heterocycles. The van der Waals surface area contributed by atoms with Crippen LogP contribution < -0.4 is 17.0 Å². The Morgan fingerprint density at radius 2 is 1.28 bits per heavy atom. The van der Waals surface area contributed by atoms with Crippen LogP contribution in [0, 0.1) is 6.54 Å². The first-order valence-corrected chi connectivity index (χ1v) is 7.39. The Hall–Kier alpha value is -1.78. The molecule has 0 bridgehead atoms. The van der Waals surface area contributed by atoms with E-state index >= 15 is 0 Å². The normalized spacial score (nSPS) is 14.0. The van der Waals surface area contributed by atoms with E-state index in [0.717, 1.165) is 11.1 Å². The van der Waals surface area contributed by atoms with Crippen LogP contribution in [0.5, 0.6) is 0 Å². The largest absolute Gasteiger partial charge is 1.00 e. The van der Waals surface area contributed by atoms with Crippen molar-refractivity contribution in [1.29, 1.82) is 0 Å². The molecule has 3 rings (SSSR count). The molecule has 0 atom stereocenters. The number of hydrogen-bond acceptors (Lipinski definition) is 2. The van der Waals surface area contributed by atoms with Gasteiger partial charge in [0, 0.05) is 31.6 Å². The van der Waals surface area contributed by atoms with Gasteiger partial charge in [0.1, 0.15) is 0 Å². The van der Waals surface area contributed by atoms with Gasteiger partial charge in [-0.2, -0.15) is 0 Å². The molecule has 1 aliphatic heterocycles. The van der Waals surface area contributed by atoms with Gasteiger partial charge in [-0.15, -0.1) is 0 Å². The molecule has 1 radical (unpaired) electrons. The van der Waals surface area contributed by atoms with Crippen LogP contribution in [0.1, 0.15) is 11.1 Å². The molecular weight excluding hydrogens is 434 g/mol. The monoisotopic (exact) mass is 448 g/mol. The third kappa shape index (κ3) is 5.10. The van der Waals surface area contributed by atoms with Crippen molar-refractivity contribution in [3.63, 3.8) is 0 Å². The second kappa shape index (κ2) is 9.64. The summed E-state index contributed by atoms with van der Waals surface area (Å²) in [5, 5.41) is 0. The van der Waals surface area contributed by atoms with Gasteiger partial charge in [0.2, 0.25) is 0 Å². The Morgan fingerprint density at radius 1 is 0.800 bits per heavy atom. The molecule has 1 heterocycles. The van der Waals surface area contributed by atoms with E-state index in [1.54, 1.807) is 0 Å². The Morgan fingerprint density at radius 3 is 1.80 bits per heavy atom. The summed E-state index contributed by atoms with van der Waals surface area (Å²) in [6, 6.07) is 18.8. The Kier molecular flexibility index (Phi) is 8.20. The third-order valence-electron chi connectivity index (χ3n) is 3.69. The molecule has 0 saturated carbocycles. The molecule has 2 aromatic rings. The number of carbonyl (C=O) groups is 2. The predicted octanol–water partition coefficient (Wildman–Crippen LogP) is 0.370. The van der Waals surface area contributed by atoms with Crippen molar-refractivity contribution in [2.45, 2.75) is 13.1 Å². The fourth-order valence-electron chi connectivity index (χ4n) is 2.51. The molecule has 125 valence electrons. The maximum Gasteiger partial charge on any atom is 0.328 e. The first-order chi connectivity index (χ1) is 11.1. The summed E-state index contributed by atoms with van der Waals surface area (Å²) in [7, 11) is 0. The van der Waals surface area contributed by atoms with Crippen LogP contribution in [0.4, 0.5) is 4.79 Å². The number of hydrogen-bond donors (Lipinski definition) is 0. The SMILES string of the molecule is C=C1[CH]N(Cc2ccccc2)C(=O)N(Cc2ccccc2)C1=O.[Br-].[Zn]. The van der Waals surface area contributed by atoms with Crippen molar-refractivity contribution in [2.24, 2.45) is 0 Å². The van der Waals surface area contributed by atoms with Crippen LogP contribution in [-0.4, -0.2) is 21.7 Å². The summed E-state index contributed by atoms with van der Waals surface area (Å²) in [4.78, 5) is 27.7. The average Bonchev–Trinajstić information content (AvgIpc) is 2.58. The zero-order valence-electron chi connectivity index (χ0n) is 13.8. The molecule has 0 N–H and O–H groups in total. The number of amides is 3. The molecule has 1 fully saturated rings. The van der Waals surface area contributed by atoms with Gasteiger partial charge in [-0.1, -0.05) is 67.2 Å². The predicted molar refractivity (Wildman–Crippen MR) is 87.8 cm³/mol. The van der Waals surface area contributed by atoms with Crippen molar-refractivity contribution in [3.05, 3.63) is 90.5 Å². The molecule has 0 aromatic heterocycles. The van der Waals surface area contributed by atoms with Crippen LogP contribution in [0.2, 0.25) is 0 Å². The Bertz CT molecular complexity index is 738. The maximum absolute atomic E-state index is 12.6. The van der Waals surface area contributed by atoms with Crippen molar-refractivity contribution in [1.82, 2.24) is 9.80 Å². The molecule has 6 heteroatoms. The van der Waals surface area contributed by atoms with Gasteiger partial charge in [0.25, 0.3) is 5.91 Å². The van der Waals surface area contributed by atoms with Gasteiger partial charge in [0.05, 0.1) is 13.1 Å². The number of nitrogens with zero attached hydrogens (tertiary/aromatic N) is 2. The summed E-state index contributed by atoms with van der Waals surface area (Å²) in [6.07, 6.45) is 0. The molecule has 0 spiro atoms. The van der Waals surface area contributed by atoms with E-state index < -0.39 is 0 Å². The minimum absolute atomic E-state index is 0. The van der Waals surface area contributed by atoms with Gasteiger partial charge in [-0.25, -0.2) is 4.79 Å². The quantitative estimate of drug-likeness (QED) is 0.499. The summed E-state index contributed by atoms with van der Waals surface area (Å²) in [6.45, 7) is 5.96. The smallest absolute Gasteiger partial charge is 0.328 e. The standard InChI is InChI=1S/C19H17N2O2.BrH.Zn/c1-15-12-20(13-16-8-4-2-5-9-16)19(23)21(18(15)22)14-17-10-6-3-7-11-17;;/h2-12H,1,13-14H2;1H;/p-1. The third-order valence-corrected chi connectivity index (χ3v) is 3.69.